The molecule has 2 aromatic carbocycles. The van der Waals surface area contributed by atoms with Gasteiger partial charge in [-0.2, -0.15) is 0 Å². The molecule has 0 aliphatic carbocycles. The fourth-order valence-electron chi connectivity index (χ4n) is 3.10. The van der Waals surface area contributed by atoms with Gasteiger partial charge in [0, 0.05) is 33.3 Å². The van der Waals surface area contributed by atoms with Crippen molar-refractivity contribution in [2.24, 2.45) is 5.73 Å². The van der Waals surface area contributed by atoms with Crippen molar-refractivity contribution < 1.29 is 49.0 Å². The number of carbonyl (C=O) groups excluding carboxylic acids is 3. The smallest absolute Gasteiger partial charge is 0.543 e. The van der Waals surface area contributed by atoms with Crippen molar-refractivity contribution in [2.75, 3.05) is 5.32 Å². The number of carboxylic acids is 1. The molecule has 5 N–H and O–H groups in total. The number of fused-ring (bicyclic) bond motifs is 1. The Morgan fingerprint density at radius 2 is 1.81 bits per heavy atom. The third kappa shape index (κ3) is 6.05. The number of nitrogens with two attached hydrogens (primary N) is 1. The van der Waals surface area contributed by atoms with Gasteiger partial charge in [-0.1, -0.05) is 35.3 Å². The number of hydrogen-bond acceptors (Lipinski definition) is 4. The number of primary amides is 1. The van der Waals surface area contributed by atoms with Crippen LogP contribution in [-0.2, 0) is 4.79 Å². The van der Waals surface area contributed by atoms with Crippen molar-refractivity contribution >= 4 is 63.8 Å². The van der Waals surface area contributed by atoms with E-state index in [1.807, 2.05) is 0 Å². The largest absolute Gasteiger partial charge is 1.00 e. The second-order valence-corrected chi connectivity index (χ2v) is 7.53. The Labute approximate surface area is 215 Å². The number of aromatic carboxylic acids is 1. The fourth-order valence-corrected chi connectivity index (χ4v) is 3.69. The molecule has 1 aromatic heterocycles. The molecule has 8 nitrogen and oxygen atoms in total. The zero-order valence-corrected chi connectivity index (χ0v) is 20.7. The molecule has 0 aliphatic heterocycles. The Morgan fingerprint density at radius 1 is 1.16 bits per heavy atom. The van der Waals surface area contributed by atoms with Crippen LogP contribution in [0.2, 0.25) is 10.0 Å². The predicted molar refractivity (Wildman–Crippen MR) is 118 cm³/mol. The molecule has 1 atom stereocenters. The minimum absolute atomic E-state index is 0. The number of anilines is 1. The van der Waals surface area contributed by atoms with Crippen LogP contribution in [0.3, 0.4) is 0 Å². The van der Waals surface area contributed by atoms with Crippen LogP contribution in [0.15, 0.2) is 42.5 Å². The summed E-state index contributed by atoms with van der Waals surface area (Å²) in [5.74, 6) is -1.93. The average molecular weight is 483 g/mol. The molecule has 11 heteroatoms. The summed E-state index contributed by atoms with van der Waals surface area (Å²) in [5.41, 5.74) is 6.81. The average Bonchev–Trinajstić information content (AvgIpc) is 3.05. The van der Waals surface area contributed by atoms with E-state index in [1.165, 1.54) is 24.3 Å². The van der Waals surface area contributed by atoms with Crippen molar-refractivity contribution in [3.8, 4) is 0 Å². The SMILES string of the molecule is C[C@@H](NC(N)=O)c1ccc(NC(=O)/C=C/c2c(C(=O)[O-])[nH]c3cc(Cl)cc(Cl)c23)cc1.[Na+]. The van der Waals surface area contributed by atoms with E-state index in [2.05, 4.69) is 15.6 Å². The first kappa shape index (κ1) is 25.8. The molecule has 0 saturated carbocycles. The summed E-state index contributed by atoms with van der Waals surface area (Å²) >= 11 is 12.2. The Balaban J connectivity index is 0.00000363. The Kier molecular flexibility index (Phi) is 8.77. The number of nitrogens with one attached hydrogen (secondary N) is 3. The monoisotopic (exact) mass is 482 g/mol. The first-order chi connectivity index (χ1) is 14.7. The molecule has 1 heterocycles. The van der Waals surface area contributed by atoms with Gasteiger partial charge in [0.1, 0.15) is 0 Å². The molecule has 0 saturated heterocycles. The van der Waals surface area contributed by atoms with Crippen LogP contribution in [0.4, 0.5) is 10.5 Å². The van der Waals surface area contributed by atoms with Crippen LogP contribution >= 0.6 is 23.2 Å². The quantitative estimate of drug-likeness (QED) is 0.294. The van der Waals surface area contributed by atoms with Gasteiger partial charge in [0.25, 0.3) is 0 Å². The third-order valence-corrected chi connectivity index (χ3v) is 5.01. The van der Waals surface area contributed by atoms with Crippen molar-refractivity contribution in [1.29, 1.82) is 0 Å². The van der Waals surface area contributed by atoms with Crippen LogP contribution in [0.1, 0.15) is 34.6 Å². The summed E-state index contributed by atoms with van der Waals surface area (Å²) in [6.45, 7) is 1.77. The number of amides is 3. The number of aromatic nitrogens is 1. The Hall–Kier alpha value is -2.49. The second-order valence-electron chi connectivity index (χ2n) is 6.69. The maximum atomic E-state index is 12.3. The van der Waals surface area contributed by atoms with E-state index in [-0.39, 0.29) is 51.9 Å². The van der Waals surface area contributed by atoms with Crippen LogP contribution in [0, 0.1) is 0 Å². The maximum Gasteiger partial charge on any atom is 1.00 e. The molecule has 160 valence electrons. The molecule has 32 heavy (non-hydrogen) atoms. The minimum atomic E-state index is -1.45. The molecular formula is C21H17Cl2N4NaO4. The van der Waals surface area contributed by atoms with E-state index in [1.54, 1.807) is 31.2 Å². The zero-order chi connectivity index (χ0) is 22.7. The van der Waals surface area contributed by atoms with E-state index in [0.29, 0.717) is 21.6 Å². The minimum Gasteiger partial charge on any atom is -0.543 e. The number of aromatic amines is 1. The first-order valence-corrected chi connectivity index (χ1v) is 9.78. The number of halogens is 2. The van der Waals surface area contributed by atoms with E-state index in [0.717, 1.165) is 5.56 Å². The van der Waals surface area contributed by atoms with Crippen molar-refractivity contribution in [2.45, 2.75) is 13.0 Å². The van der Waals surface area contributed by atoms with E-state index in [4.69, 9.17) is 28.9 Å². The van der Waals surface area contributed by atoms with Gasteiger partial charge in [-0.15, -0.1) is 0 Å². The molecular weight excluding hydrogens is 466 g/mol. The summed E-state index contributed by atoms with van der Waals surface area (Å²) < 4.78 is 0. The molecule has 3 amide bonds. The standard InChI is InChI=1S/C21H18Cl2N4O4.Na/c1-10(25-21(24)31)11-2-4-13(5-3-11)26-17(28)7-6-14-18-15(23)8-12(22)9-16(18)27-19(14)20(29)30;/h2-10,27H,1H3,(H,26,28)(H,29,30)(H3,24,25,31);/q;+1/p-1/b7-6+;/t10-;/m1./s1. The summed E-state index contributed by atoms with van der Waals surface area (Å²) in [6.07, 6.45) is 2.53. The molecule has 0 fully saturated rings. The summed E-state index contributed by atoms with van der Waals surface area (Å²) in [6, 6.07) is 8.88. The number of hydrogen-bond donors (Lipinski definition) is 4. The van der Waals surface area contributed by atoms with Crippen LogP contribution in [-0.4, -0.2) is 22.9 Å². The van der Waals surface area contributed by atoms with Gasteiger partial charge in [0.05, 0.1) is 22.7 Å². The van der Waals surface area contributed by atoms with Crippen molar-refractivity contribution in [3.63, 3.8) is 0 Å². The molecule has 0 bridgehead atoms. The molecule has 3 aromatic rings. The second kappa shape index (κ2) is 10.9. The van der Waals surface area contributed by atoms with E-state index >= 15 is 0 Å². The number of carbonyl (C=O) groups is 3. The number of carboxylic acid groups (broad SMARTS) is 1. The van der Waals surface area contributed by atoms with Gasteiger partial charge in [0.15, 0.2) is 0 Å². The van der Waals surface area contributed by atoms with Crippen molar-refractivity contribution in [1.82, 2.24) is 10.3 Å². The van der Waals surface area contributed by atoms with Crippen molar-refractivity contribution in [3.05, 3.63) is 69.3 Å². The van der Waals surface area contributed by atoms with Gasteiger partial charge in [-0.05, 0) is 42.8 Å². The fraction of sp³-hybridized carbons (Fsp3) is 0.0952. The number of benzene rings is 2. The Morgan fingerprint density at radius 3 is 2.41 bits per heavy atom. The molecule has 0 aliphatic rings. The van der Waals surface area contributed by atoms with E-state index in [9.17, 15) is 19.5 Å². The first-order valence-electron chi connectivity index (χ1n) is 9.02. The zero-order valence-electron chi connectivity index (χ0n) is 17.2. The maximum absolute atomic E-state index is 12.3. The normalized spacial score (nSPS) is 11.7. The van der Waals surface area contributed by atoms with Gasteiger partial charge >= 0.3 is 35.6 Å². The third-order valence-electron chi connectivity index (χ3n) is 4.50. The van der Waals surface area contributed by atoms with Gasteiger partial charge in [-0.3, -0.25) is 4.79 Å². The van der Waals surface area contributed by atoms with E-state index < -0.39 is 17.9 Å². The number of rotatable bonds is 6. The molecule has 0 unspecified atom stereocenters. The predicted octanol–water partition coefficient (Wildman–Crippen LogP) is 0.223. The van der Waals surface area contributed by atoms with Crippen LogP contribution in [0.5, 0.6) is 0 Å². The number of urea groups is 1. The molecule has 3 rings (SSSR count). The van der Waals surface area contributed by atoms with Gasteiger partial charge in [0.2, 0.25) is 5.91 Å². The van der Waals surface area contributed by atoms with Gasteiger partial charge < -0.3 is 31.3 Å². The topological polar surface area (TPSA) is 140 Å². The van der Waals surface area contributed by atoms with Crippen LogP contribution < -0.4 is 51.0 Å². The van der Waals surface area contributed by atoms with Gasteiger partial charge in [-0.25, -0.2) is 4.79 Å². The summed E-state index contributed by atoms with van der Waals surface area (Å²) in [7, 11) is 0. The Bertz CT molecular complexity index is 1210. The summed E-state index contributed by atoms with van der Waals surface area (Å²) in [5, 5.41) is 17.7. The summed E-state index contributed by atoms with van der Waals surface area (Å²) in [4.78, 5) is 37.5. The molecule has 0 spiro atoms. The molecule has 0 radical (unpaired) electrons. The number of H-pyrrole nitrogens is 1. The van der Waals surface area contributed by atoms with Crippen LogP contribution in [0.25, 0.3) is 17.0 Å².